The third-order valence-electron chi connectivity index (χ3n) is 7.35. The van der Waals surface area contributed by atoms with E-state index in [0.717, 1.165) is 87.6 Å². The molecule has 198 valence electrons. The lowest BCUT2D eigenvalue weighted by Crippen LogP contribution is -2.46. The van der Waals surface area contributed by atoms with Crippen LogP contribution in [0.4, 0.5) is 17.6 Å². The zero-order chi connectivity index (χ0) is 25.6. The summed E-state index contributed by atoms with van der Waals surface area (Å²) in [7, 11) is 0. The second-order valence-electron chi connectivity index (χ2n) is 10.2. The van der Waals surface area contributed by atoms with Gasteiger partial charge in [-0.25, -0.2) is 19.9 Å². The van der Waals surface area contributed by atoms with Gasteiger partial charge in [-0.3, -0.25) is 9.80 Å². The number of aliphatic hydroxyl groups is 2. The molecule has 3 aromatic heterocycles. The fraction of sp³-hybridized carbons (Fsp3) is 0.556. The van der Waals surface area contributed by atoms with E-state index in [1.165, 1.54) is 12.0 Å². The van der Waals surface area contributed by atoms with Crippen LogP contribution in [0.3, 0.4) is 0 Å². The SMILES string of the molecule is CC(CO)c1cc2cnc(Nc3ccc(CN4CCN(CCO)CC4)cn3)nc2c(N2CCCCC2)n1. The maximum Gasteiger partial charge on any atom is 0.229 e. The van der Waals surface area contributed by atoms with Gasteiger partial charge < -0.3 is 20.4 Å². The minimum absolute atomic E-state index is 0.0436. The summed E-state index contributed by atoms with van der Waals surface area (Å²) in [4.78, 5) is 26.0. The van der Waals surface area contributed by atoms with Crippen molar-refractivity contribution in [3.63, 3.8) is 0 Å². The third kappa shape index (κ3) is 6.32. The Balaban J connectivity index is 1.30. The van der Waals surface area contributed by atoms with Crippen molar-refractivity contribution < 1.29 is 10.2 Å². The Kier molecular flexibility index (Phi) is 8.40. The van der Waals surface area contributed by atoms with E-state index >= 15 is 0 Å². The fourth-order valence-electron chi connectivity index (χ4n) is 5.05. The highest BCUT2D eigenvalue weighted by atomic mass is 16.3. The maximum atomic E-state index is 9.70. The Hall–Kier alpha value is -2.92. The topological polar surface area (TPSA) is 114 Å². The summed E-state index contributed by atoms with van der Waals surface area (Å²) in [6.07, 6.45) is 7.27. The number of β-amino-alcohol motifs (C(OH)–C–C–N with tert-alkyl or cyclic N) is 1. The van der Waals surface area contributed by atoms with Crippen LogP contribution in [0.5, 0.6) is 0 Å². The van der Waals surface area contributed by atoms with Crippen LogP contribution in [0.1, 0.15) is 43.4 Å². The maximum absolute atomic E-state index is 9.70. The number of hydrogen-bond donors (Lipinski definition) is 3. The number of nitrogens with one attached hydrogen (secondary N) is 1. The molecule has 0 aliphatic carbocycles. The lowest BCUT2D eigenvalue weighted by atomic mass is 10.1. The van der Waals surface area contributed by atoms with E-state index in [4.69, 9.17) is 15.1 Å². The number of fused-ring (bicyclic) bond motifs is 1. The largest absolute Gasteiger partial charge is 0.396 e. The monoisotopic (exact) mass is 506 g/mol. The molecule has 2 aliphatic heterocycles. The first kappa shape index (κ1) is 25.7. The average Bonchev–Trinajstić information content (AvgIpc) is 2.95. The molecule has 1 unspecified atom stereocenters. The van der Waals surface area contributed by atoms with Gasteiger partial charge >= 0.3 is 0 Å². The molecule has 2 fully saturated rings. The number of pyridine rings is 2. The van der Waals surface area contributed by atoms with Crippen molar-refractivity contribution in [2.45, 2.75) is 38.6 Å². The van der Waals surface area contributed by atoms with Gasteiger partial charge in [0, 0.05) is 81.7 Å². The van der Waals surface area contributed by atoms with Crippen molar-refractivity contribution in [3.8, 4) is 0 Å². The highest BCUT2D eigenvalue weighted by Crippen LogP contribution is 2.30. The average molecular weight is 507 g/mol. The van der Waals surface area contributed by atoms with E-state index in [0.29, 0.717) is 11.8 Å². The van der Waals surface area contributed by atoms with Crippen molar-refractivity contribution in [2.24, 2.45) is 0 Å². The molecule has 1 atom stereocenters. The van der Waals surface area contributed by atoms with Gasteiger partial charge in [0.2, 0.25) is 5.95 Å². The summed E-state index contributed by atoms with van der Waals surface area (Å²) in [6, 6.07) is 6.06. The number of aliphatic hydroxyl groups excluding tert-OH is 2. The summed E-state index contributed by atoms with van der Waals surface area (Å²) in [6.45, 7) is 9.78. The molecular formula is C27H38N8O2. The van der Waals surface area contributed by atoms with E-state index < -0.39 is 0 Å². The predicted octanol–water partition coefficient (Wildman–Crippen LogP) is 2.36. The molecule has 0 amide bonds. The van der Waals surface area contributed by atoms with Crippen molar-refractivity contribution in [1.29, 1.82) is 0 Å². The molecule has 3 aromatic rings. The highest BCUT2D eigenvalue weighted by Gasteiger charge is 2.20. The molecule has 10 nitrogen and oxygen atoms in total. The van der Waals surface area contributed by atoms with E-state index in [2.05, 4.69) is 36.1 Å². The van der Waals surface area contributed by atoms with E-state index in [-0.39, 0.29) is 19.1 Å². The molecule has 5 heterocycles. The Labute approximate surface area is 218 Å². The zero-order valence-corrected chi connectivity index (χ0v) is 21.7. The van der Waals surface area contributed by atoms with Crippen LogP contribution in [0.25, 0.3) is 10.9 Å². The van der Waals surface area contributed by atoms with Crippen molar-refractivity contribution in [3.05, 3.63) is 41.9 Å². The van der Waals surface area contributed by atoms with Crippen LogP contribution < -0.4 is 10.2 Å². The summed E-state index contributed by atoms with van der Waals surface area (Å²) < 4.78 is 0. The number of nitrogens with zero attached hydrogens (tertiary/aromatic N) is 7. The van der Waals surface area contributed by atoms with Gasteiger partial charge in [-0.15, -0.1) is 0 Å². The Bertz CT molecular complexity index is 1160. The first-order chi connectivity index (χ1) is 18.1. The lowest BCUT2D eigenvalue weighted by molar-refractivity contribution is 0.108. The molecule has 0 bridgehead atoms. The zero-order valence-electron chi connectivity index (χ0n) is 21.7. The quantitative estimate of drug-likeness (QED) is 0.400. The molecule has 2 saturated heterocycles. The van der Waals surface area contributed by atoms with E-state index in [1.807, 2.05) is 31.5 Å². The van der Waals surface area contributed by atoms with Gasteiger partial charge in [-0.1, -0.05) is 13.0 Å². The number of hydrogen-bond acceptors (Lipinski definition) is 10. The van der Waals surface area contributed by atoms with Crippen LogP contribution in [0.15, 0.2) is 30.6 Å². The molecule has 0 radical (unpaired) electrons. The molecular weight excluding hydrogens is 468 g/mol. The van der Waals surface area contributed by atoms with Crippen LogP contribution in [0.2, 0.25) is 0 Å². The standard InChI is InChI=1S/C27H38N8O2/c1-20(19-37)23-15-22-17-29-27(32-25(22)26(30-23)35-7-3-2-4-8-35)31-24-6-5-21(16-28-24)18-34-11-9-33(10-12-34)13-14-36/h5-6,15-17,20,36-37H,2-4,7-14,18-19H2,1H3,(H,28,29,31,32). The van der Waals surface area contributed by atoms with E-state index in [9.17, 15) is 5.11 Å². The summed E-state index contributed by atoms with van der Waals surface area (Å²) in [5.41, 5.74) is 2.86. The van der Waals surface area contributed by atoms with Gasteiger partial charge in [0.05, 0.1) is 13.2 Å². The Morgan fingerprint density at radius 1 is 0.919 bits per heavy atom. The molecule has 37 heavy (non-hydrogen) atoms. The normalized spacial score (nSPS) is 18.3. The number of aromatic nitrogens is 4. The van der Waals surface area contributed by atoms with Gasteiger partial charge in [0.1, 0.15) is 11.3 Å². The van der Waals surface area contributed by atoms with Crippen molar-refractivity contribution >= 4 is 28.5 Å². The van der Waals surface area contributed by atoms with Crippen molar-refractivity contribution in [1.82, 2.24) is 29.7 Å². The van der Waals surface area contributed by atoms with Gasteiger partial charge in [0.25, 0.3) is 0 Å². The Morgan fingerprint density at radius 2 is 1.70 bits per heavy atom. The van der Waals surface area contributed by atoms with Gasteiger partial charge in [-0.2, -0.15) is 0 Å². The summed E-state index contributed by atoms with van der Waals surface area (Å²) >= 11 is 0. The minimum atomic E-state index is -0.0436. The number of piperidine rings is 1. The predicted molar refractivity (Wildman–Crippen MR) is 145 cm³/mol. The Morgan fingerprint density at radius 3 is 2.41 bits per heavy atom. The van der Waals surface area contributed by atoms with Gasteiger partial charge in [-0.05, 0) is 37.0 Å². The molecule has 5 rings (SSSR count). The molecule has 0 aromatic carbocycles. The van der Waals surface area contributed by atoms with E-state index in [1.54, 1.807) is 0 Å². The summed E-state index contributed by atoms with van der Waals surface area (Å²) in [5.74, 6) is 2.03. The van der Waals surface area contributed by atoms with Crippen LogP contribution in [-0.4, -0.2) is 99.0 Å². The summed E-state index contributed by atoms with van der Waals surface area (Å²) in [5, 5.41) is 23.0. The first-order valence-corrected chi connectivity index (χ1v) is 13.4. The smallest absolute Gasteiger partial charge is 0.229 e. The van der Waals surface area contributed by atoms with Crippen LogP contribution in [0, 0.1) is 0 Å². The van der Waals surface area contributed by atoms with Crippen molar-refractivity contribution in [2.75, 3.05) is 69.2 Å². The number of rotatable bonds is 9. The number of anilines is 3. The van der Waals surface area contributed by atoms with Gasteiger partial charge in [0.15, 0.2) is 5.82 Å². The molecule has 10 heteroatoms. The molecule has 0 spiro atoms. The second-order valence-corrected chi connectivity index (χ2v) is 10.2. The molecule has 0 saturated carbocycles. The minimum Gasteiger partial charge on any atom is -0.396 e. The highest BCUT2D eigenvalue weighted by molar-refractivity contribution is 5.89. The molecule has 2 aliphatic rings. The van der Waals surface area contributed by atoms with Crippen LogP contribution in [-0.2, 0) is 6.54 Å². The van der Waals surface area contributed by atoms with Crippen LogP contribution >= 0.6 is 0 Å². The lowest BCUT2D eigenvalue weighted by Gasteiger charge is -2.34. The second kappa shape index (κ2) is 12.1. The third-order valence-corrected chi connectivity index (χ3v) is 7.35. The molecule has 3 N–H and O–H groups in total. The fourth-order valence-corrected chi connectivity index (χ4v) is 5.05. The first-order valence-electron chi connectivity index (χ1n) is 13.4. The number of piperazine rings is 1.